The largest absolute Gasteiger partial charge is 0.466 e. The highest BCUT2D eigenvalue weighted by molar-refractivity contribution is 5.94. The van der Waals surface area contributed by atoms with Crippen molar-refractivity contribution in [3.8, 4) is 0 Å². The number of furan rings is 1. The summed E-state index contributed by atoms with van der Waals surface area (Å²) < 4.78 is 15.9. The molecule has 0 aromatic carbocycles. The smallest absolute Gasteiger partial charge is 0.268 e. The predicted octanol–water partition coefficient (Wildman–Crippen LogP) is 1.07. The second-order valence-electron chi connectivity index (χ2n) is 4.25. The van der Waals surface area contributed by atoms with Crippen LogP contribution in [0.5, 0.6) is 0 Å². The average Bonchev–Trinajstić information content (AvgIpc) is 2.80. The van der Waals surface area contributed by atoms with Crippen LogP contribution in [-0.2, 0) is 16.1 Å². The number of carbonyl (C=O) groups excluding carboxylic acids is 1. The molecule has 0 spiro atoms. The maximum Gasteiger partial charge on any atom is 0.268 e. The second kappa shape index (κ2) is 7.86. The number of hydrogen-bond donors (Lipinski definition) is 2. The highest BCUT2D eigenvalue weighted by atomic mass is 16.5. The minimum atomic E-state index is -0.390. The fourth-order valence-electron chi connectivity index (χ4n) is 1.33. The number of nitrogens with two attached hydrogens (primary N) is 1. The SMILES string of the molecule is CC(C)COCCOCc1occc1C(=O)NN. The summed E-state index contributed by atoms with van der Waals surface area (Å²) in [6, 6.07) is 1.55. The van der Waals surface area contributed by atoms with Crippen molar-refractivity contribution >= 4 is 5.91 Å². The van der Waals surface area contributed by atoms with Crippen molar-refractivity contribution in [2.24, 2.45) is 11.8 Å². The van der Waals surface area contributed by atoms with Crippen LogP contribution >= 0.6 is 0 Å². The Balaban J connectivity index is 2.23. The maximum absolute atomic E-state index is 11.3. The molecule has 6 heteroatoms. The van der Waals surface area contributed by atoms with Gasteiger partial charge in [-0.25, -0.2) is 5.84 Å². The first-order chi connectivity index (χ1) is 8.65. The first kappa shape index (κ1) is 14.7. The van der Waals surface area contributed by atoms with Crippen molar-refractivity contribution in [3.05, 3.63) is 23.7 Å². The Kier molecular flexibility index (Phi) is 6.42. The van der Waals surface area contributed by atoms with Crippen LogP contribution < -0.4 is 11.3 Å². The number of carbonyl (C=O) groups is 1. The van der Waals surface area contributed by atoms with Gasteiger partial charge in [-0.05, 0) is 12.0 Å². The number of nitrogens with one attached hydrogen (secondary N) is 1. The lowest BCUT2D eigenvalue weighted by molar-refractivity contribution is 0.0261. The van der Waals surface area contributed by atoms with E-state index in [-0.39, 0.29) is 6.61 Å². The van der Waals surface area contributed by atoms with E-state index in [1.54, 1.807) is 6.07 Å². The molecule has 3 N–H and O–H groups in total. The molecule has 1 amide bonds. The Labute approximate surface area is 106 Å². The maximum atomic E-state index is 11.3. The first-order valence-corrected chi connectivity index (χ1v) is 5.88. The van der Waals surface area contributed by atoms with Gasteiger partial charge in [0.25, 0.3) is 5.91 Å². The Morgan fingerprint density at radius 3 is 2.83 bits per heavy atom. The summed E-state index contributed by atoms with van der Waals surface area (Å²) in [5, 5.41) is 0. The lowest BCUT2D eigenvalue weighted by atomic mass is 10.2. The number of hydrazine groups is 1. The van der Waals surface area contributed by atoms with Gasteiger partial charge in [-0.15, -0.1) is 0 Å². The molecular formula is C12H20N2O4. The summed E-state index contributed by atoms with van der Waals surface area (Å²) in [6.07, 6.45) is 1.43. The van der Waals surface area contributed by atoms with Gasteiger partial charge in [0.15, 0.2) is 0 Å². The molecule has 0 saturated carbocycles. The zero-order valence-electron chi connectivity index (χ0n) is 10.8. The predicted molar refractivity (Wildman–Crippen MR) is 65.7 cm³/mol. The van der Waals surface area contributed by atoms with Gasteiger partial charge < -0.3 is 13.9 Å². The number of rotatable bonds is 8. The fraction of sp³-hybridized carbons (Fsp3) is 0.583. The normalized spacial score (nSPS) is 10.9. The molecule has 0 bridgehead atoms. The van der Waals surface area contributed by atoms with E-state index in [4.69, 9.17) is 19.7 Å². The molecule has 18 heavy (non-hydrogen) atoms. The van der Waals surface area contributed by atoms with Crippen LogP contribution in [0.1, 0.15) is 30.0 Å². The summed E-state index contributed by atoms with van der Waals surface area (Å²) in [6.45, 7) is 6.09. The van der Waals surface area contributed by atoms with Gasteiger partial charge in [-0.1, -0.05) is 13.8 Å². The van der Waals surface area contributed by atoms with Crippen molar-refractivity contribution in [1.82, 2.24) is 5.43 Å². The number of ether oxygens (including phenoxy) is 2. The van der Waals surface area contributed by atoms with Gasteiger partial charge in [-0.3, -0.25) is 10.2 Å². The first-order valence-electron chi connectivity index (χ1n) is 5.88. The highest BCUT2D eigenvalue weighted by Crippen LogP contribution is 2.11. The minimum absolute atomic E-state index is 0.223. The average molecular weight is 256 g/mol. The van der Waals surface area contributed by atoms with E-state index in [0.29, 0.717) is 37.1 Å². The third-order valence-electron chi connectivity index (χ3n) is 2.18. The van der Waals surface area contributed by atoms with Crippen LogP contribution in [0.25, 0.3) is 0 Å². The van der Waals surface area contributed by atoms with Crippen molar-refractivity contribution in [2.45, 2.75) is 20.5 Å². The molecular weight excluding hydrogens is 236 g/mol. The quantitative estimate of drug-likeness (QED) is 0.314. The number of amides is 1. The topological polar surface area (TPSA) is 86.7 Å². The Hall–Kier alpha value is -1.37. The van der Waals surface area contributed by atoms with Gasteiger partial charge in [-0.2, -0.15) is 0 Å². The summed E-state index contributed by atoms with van der Waals surface area (Å²) in [4.78, 5) is 11.3. The molecule has 0 aliphatic rings. The second-order valence-corrected chi connectivity index (χ2v) is 4.25. The molecule has 0 unspecified atom stereocenters. The van der Waals surface area contributed by atoms with Crippen LogP contribution in [0.15, 0.2) is 16.7 Å². The van der Waals surface area contributed by atoms with Crippen molar-refractivity contribution in [1.29, 1.82) is 0 Å². The third-order valence-corrected chi connectivity index (χ3v) is 2.18. The summed E-state index contributed by atoms with van der Waals surface area (Å²) in [5.41, 5.74) is 2.44. The summed E-state index contributed by atoms with van der Waals surface area (Å²) >= 11 is 0. The molecule has 1 aromatic rings. The molecule has 0 atom stereocenters. The van der Waals surface area contributed by atoms with Crippen LogP contribution in [0.3, 0.4) is 0 Å². The van der Waals surface area contributed by atoms with E-state index in [2.05, 4.69) is 19.3 Å². The summed E-state index contributed by atoms with van der Waals surface area (Å²) in [7, 11) is 0. The van der Waals surface area contributed by atoms with Crippen LogP contribution in [0.2, 0.25) is 0 Å². The molecule has 6 nitrogen and oxygen atoms in total. The van der Waals surface area contributed by atoms with E-state index in [1.165, 1.54) is 6.26 Å². The Morgan fingerprint density at radius 2 is 2.17 bits per heavy atom. The van der Waals surface area contributed by atoms with Crippen molar-refractivity contribution < 1.29 is 18.7 Å². The Morgan fingerprint density at radius 1 is 1.44 bits per heavy atom. The van der Waals surface area contributed by atoms with E-state index >= 15 is 0 Å². The van der Waals surface area contributed by atoms with E-state index < -0.39 is 5.91 Å². The van der Waals surface area contributed by atoms with Gasteiger partial charge >= 0.3 is 0 Å². The molecule has 0 aliphatic heterocycles. The monoisotopic (exact) mass is 256 g/mol. The van der Waals surface area contributed by atoms with Crippen LogP contribution in [0.4, 0.5) is 0 Å². The number of hydrogen-bond acceptors (Lipinski definition) is 5. The standard InChI is InChI=1S/C12H20N2O4/c1-9(2)7-16-5-6-17-8-11-10(3-4-18-11)12(15)14-13/h3-4,9H,5-8,13H2,1-2H3,(H,14,15). The van der Waals surface area contributed by atoms with Crippen LogP contribution in [0, 0.1) is 5.92 Å². The van der Waals surface area contributed by atoms with Gasteiger partial charge in [0.1, 0.15) is 12.4 Å². The third kappa shape index (κ3) is 4.87. The molecule has 0 radical (unpaired) electrons. The molecule has 0 fully saturated rings. The van der Waals surface area contributed by atoms with Gasteiger partial charge in [0.2, 0.25) is 0 Å². The minimum Gasteiger partial charge on any atom is -0.466 e. The van der Waals surface area contributed by atoms with Crippen molar-refractivity contribution in [3.63, 3.8) is 0 Å². The molecule has 0 saturated heterocycles. The highest BCUT2D eigenvalue weighted by Gasteiger charge is 2.13. The number of nitrogen functional groups attached to an aromatic ring is 1. The van der Waals surface area contributed by atoms with Crippen molar-refractivity contribution in [2.75, 3.05) is 19.8 Å². The fourth-order valence-corrected chi connectivity index (χ4v) is 1.33. The zero-order valence-corrected chi connectivity index (χ0v) is 10.8. The van der Waals surface area contributed by atoms with E-state index in [1.807, 2.05) is 0 Å². The lowest BCUT2D eigenvalue weighted by Gasteiger charge is -2.07. The molecule has 1 rings (SSSR count). The molecule has 1 heterocycles. The van der Waals surface area contributed by atoms with E-state index in [0.717, 1.165) is 0 Å². The van der Waals surface area contributed by atoms with Crippen LogP contribution in [-0.4, -0.2) is 25.7 Å². The molecule has 0 aliphatic carbocycles. The molecule has 102 valence electrons. The van der Waals surface area contributed by atoms with Gasteiger partial charge in [0.05, 0.1) is 25.0 Å². The summed E-state index contributed by atoms with van der Waals surface area (Å²) in [5.74, 6) is 5.63. The zero-order chi connectivity index (χ0) is 13.4. The van der Waals surface area contributed by atoms with Gasteiger partial charge in [0, 0.05) is 6.61 Å². The molecule has 1 aromatic heterocycles. The Bertz CT molecular complexity index is 363. The van der Waals surface area contributed by atoms with E-state index in [9.17, 15) is 4.79 Å². The lowest BCUT2D eigenvalue weighted by Crippen LogP contribution is -2.30.